The van der Waals surface area contributed by atoms with Gasteiger partial charge in [0.15, 0.2) is 0 Å². The molecule has 0 heterocycles. The number of rotatable bonds is 7. The molecule has 0 spiro atoms. The summed E-state index contributed by atoms with van der Waals surface area (Å²) in [7, 11) is -2.04. The molecule has 1 rings (SSSR count). The zero-order chi connectivity index (χ0) is 12.7. The lowest BCUT2D eigenvalue weighted by Gasteiger charge is -2.29. The zero-order valence-corrected chi connectivity index (χ0v) is 11.4. The van der Waals surface area contributed by atoms with Gasteiger partial charge in [0.25, 0.3) is 0 Å². The predicted molar refractivity (Wildman–Crippen MR) is 75.1 cm³/mol. The van der Waals surface area contributed by atoms with Crippen molar-refractivity contribution in [1.82, 2.24) is 0 Å². The number of hydrogen-bond donors (Lipinski definition) is 1. The minimum atomic E-state index is -2.04. The van der Waals surface area contributed by atoms with Crippen LogP contribution in [0, 0.1) is 0 Å². The largest absolute Gasteiger partial charge is 0.508 e. The molecule has 0 radical (unpaired) electrons. The Hall–Kier alpha value is -1.32. The van der Waals surface area contributed by atoms with Gasteiger partial charge in [0.1, 0.15) is 5.75 Å². The number of allylic oxidation sites excluding steroid dienone is 2. The van der Waals surface area contributed by atoms with Gasteiger partial charge < -0.3 is 9.53 Å². The minimum absolute atomic E-state index is 0.283. The first-order chi connectivity index (χ1) is 8.18. The summed E-state index contributed by atoms with van der Waals surface area (Å²) in [6, 6.07) is 9.04. The van der Waals surface area contributed by atoms with Crippen molar-refractivity contribution in [1.29, 1.82) is 0 Å². The molecular weight excluding hydrogens is 228 g/mol. The van der Waals surface area contributed by atoms with Gasteiger partial charge >= 0.3 is 0 Å². The molecule has 0 aliphatic carbocycles. The van der Waals surface area contributed by atoms with Crippen molar-refractivity contribution in [3.63, 3.8) is 0 Å². The van der Waals surface area contributed by atoms with Crippen LogP contribution in [0.25, 0.3) is 0 Å². The Balaban J connectivity index is 3.13. The van der Waals surface area contributed by atoms with Crippen LogP contribution in [0.1, 0.15) is 6.92 Å². The van der Waals surface area contributed by atoms with Crippen LogP contribution >= 0.6 is 0 Å². The van der Waals surface area contributed by atoms with Gasteiger partial charge in [-0.15, -0.1) is 13.2 Å². The van der Waals surface area contributed by atoms with Gasteiger partial charge in [0, 0.05) is 6.61 Å². The second kappa shape index (κ2) is 6.42. The van der Waals surface area contributed by atoms with E-state index in [0.717, 1.165) is 12.1 Å². The van der Waals surface area contributed by atoms with Gasteiger partial charge in [-0.05, 0) is 36.3 Å². The first-order valence-electron chi connectivity index (χ1n) is 5.83. The first kappa shape index (κ1) is 13.7. The maximum atomic E-state index is 9.35. The van der Waals surface area contributed by atoms with Crippen molar-refractivity contribution in [3.05, 3.63) is 49.6 Å². The van der Waals surface area contributed by atoms with Gasteiger partial charge in [-0.25, -0.2) is 0 Å². The molecule has 17 heavy (non-hydrogen) atoms. The van der Waals surface area contributed by atoms with Crippen LogP contribution in [-0.2, 0) is 4.43 Å². The van der Waals surface area contributed by atoms with Crippen molar-refractivity contribution in [2.45, 2.75) is 19.0 Å². The molecule has 1 N–H and O–H groups in total. The molecule has 0 unspecified atom stereocenters. The fraction of sp³-hybridized carbons (Fsp3) is 0.286. The molecule has 0 aliphatic rings. The van der Waals surface area contributed by atoms with Gasteiger partial charge in [-0.3, -0.25) is 0 Å². The quantitative estimate of drug-likeness (QED) is 0.594. The lowest BCUT2D eigenvalue weighted by Crippen LogP contribution is -2.49. The van der Waals surface area contributed by atoms with Gasteiger partial charge in [-0.1, -0.05) is 24.3 Å². The maximum absolute atomic E-state index is 9.35. The van der Waals surface area contributed by atoms with E-state index in [0.29, 0.717) is 6.61 Å². The van der Waals surface area contributed by atoms with E-state index in [4.69, 9.17) is 4.43 Å². The third kappa shape index (κ3) is 3.31. The van der Waals surface area contributed by atoms with Gasteiger partial charge in [0.05, 0.1) is 0 Å². The lowest BCUT2D eigenvalue weighted by atomic mass is 10.3. The van der Waals surface area contributed by atoms with Crippen molar-refractivity contribution in [3.8, 4) is 5.75 Å². The monoisotopic (exact) mass is 248 g/mol. The van der Waals surface area contributed by atoms with Gasteiger partial charge in [-0.2, -0.15) is 0 Å². The van der Waals surface area contributed by atoms with Crippen molar-refractivity contribution in [2.75, 3.05) is 6.61 Å². The third-order valence-corrected chi connectivity index (χ3v) is 6.89. The van der Waals surface area contributed by atoms with Crippen LogP contribution in [0.3, 0.4) is 0 Å². The SMILES string of the molecule is C=CC[Si](CC=C)(OCC)c1ccc(O)cc1. The Kier molecular flexibility index (Phi) is 5.19. The molecule has 1 aromatic carbocycles. The van der Waals surface area contributed by atoms with Crippen LogP contribution in [0.15, 0.2) is 49.6 Å². The standard InChI is InChI=1S/C14H20O2Si/c1-4-11-17(12-5-2,16-6-3)14-9-7-13(15)8-10-14/h4-5,7-10,15H,1-2,6,11-12H2,3H3. The van der Waals surface area contributed by atoms with E-state index in [2.05, 4.69) is 13.2 Å². The Morgan fingerprint density at radius 2 is 1.71 bits per heavy atom. The second-order valence-corrected chi connectivity index (χ2v) is 7.63. The molecule has 1 aromatic rings. The van der Waals surface area contributed by atoms with E-state index in [1.54, 1.807) is 12.1 Å². The molecule has 3 heteroatoms. The summed E-state index contributed by atoms with van der Waals surface area (Å²) in [4.78, 5) is 0. The Labute approximate surface area is 104 Å². The van der Waals surface area contributed by atoms with E-state index < -0.39 is 8.32 Å². The molecule has 0 saturated heterocycles. The molecule has 92 valence electrons. The number of aromatic hydroxyl groups is 1. The van der Waals surface area contributed by atoms with E-state index in [9.17, 15) is 5.11 Å². The van der Waals surface area contributed by atoms with E-state index in [1.165, 1.54) is 5.19 Å². The average Bonchev–Trinajstić information content (AvgIpc) is 2.30. The highest BCUT2D eigenvalue weighted by atomic mass is 28.4. The zero-order valence-electron chi connectivity index (χ0n) is 10.4. The Morgan fingerprint density at radius 3 is 2.12 bits per heavy atom. The Morgan fingerprint density at radius 1 is 1.18 bits per heavy atom. The molecule has 2 nitrogen and oxygen atoms in total. The summed E-state index contributed by atoms with van der Waals surface area (Å²) < 4.78 is 6.05. The smallest absolute Gasteiger partial charge is 0.231 e. The lowest BCUT2D eigenvalue weighted by molar-refractivity contribution is 0.333. The molecule has 0 aliphatic heterocycles. The second-order valence-electron chi connectivity index (χ2n) is 3.96. The molecule has 0 bridgehead atoms. The molecule has 0 atom stereocenters. The maximum Gasteiger partial charge on any atom is 0.231 e. The molecule has 0 saturated carbocycles. The number of phenolic OH excluding ortho intramolecular Hbond substituents is 1. The van der Waals surface area contributed by atoms with Crippen LogP contribution < -0.4 is 5.19 Å². The highest BCUT2D eigenvalue weighted by Gasteiger charge is 2.34. The summed E-state index contributed by atoms with van der Waals surface area (Å²) in [6.07, 6.45) is 3.83. The normalized spacial score (nSPS) is 11.1. The average molecular weight is 248 g/mol. The predicted octanol–water partition coefficient (Wildman–Crippen LogP) is 2.95. The fourth-order valence-electron chi connectivity index (χ4n) is 2.03. The summed E-state index contributed by atoms with van der Waals surface area (Å²) >= 11 is 0. The molecular formula is C14H20O2Si. The number of hydrogen-bond acceptors (Lipinski definition) is 2. The first-order valence-corrected chi connectivity index (χ1v) is 8.16. The topological polar surface area (TPSA) is 29.5 Å². The highest BCUT2D eigenvalue weighted by Crippen LogP contribution is 2.20. The van der Waals surface area contributed by atoms with Gasteiger partial charge in [0.2, 0.25) is 8.32 Å². The molecule has 0 fully saturated rings. The summed E-state index contributed by atoms with van der Waals surface area (Å²) in [5, 5.41) is 10.5. The Bertz CT molecular complexity index is 360. The number of benzene rings is 1. The highest BCUT2D eigenvalue weighted by molar-refractivity contribution is 6.87. The molecule has 0 amide bonds. The molecule has 0 aromatic heterocycles. The van der Waals surface area contributed by atoms with E-state index in [-0.39, 0.29) is 5.75 Å². The fourth-order valence-corrected chi connectivity index (χ4v) is 5.33. The van der Waals surface area contributed by atoms with Crippen molar-refractivity contribution in [2.24, 2.45) is 0 Å². The van der Waals surface area contributed by atoms with Crippen LogP contribution in [-0.4, -0.2) is 20.0 Å². The van der Waals surface area contributed by atoms with Crippen LogP contribution in [0.5, 0.6) is 5.75 Å². The summed E-state index contributed by atoms with van der Waals surface area (Å²) in [5.74, 6) is 0.283. The van der Waals surface area contributed by atoms with Crippen LogP contribution in [0.4, 0.5) is 0 Å². The van der Waals surface area contributed by atoms with E-state index in [1.807, 2.05) is 31.2 Å². The van der Waals surface area contributed by atoms with Crippen LogP contribution in [0.2, 0.25) is 12.1 Å². The third-order valence-electron chi connectivity index (χ3n) is 2.76. The van der Waals surface area contributed by atoms with Crippen molar-refractivity contribution < 1.29 is 9.53 Å². The minimum Gasteiger partial charge on any atom is -0.508 e. The van der Waals surface area contributed by atoms with E-state index >= 15 is 0 Å². The summed E-state index contributed by atoms with van der Waals surface area (Å²) in [6.45, 7) is 10.3. The van der Waals surface area contributed by atoms with Crippen molar-refractivity contribution >= 4 is 13.5 Å². The summed E-state index contributed by atoms with van der Waals surface area (Å²) in [5.41, 5.74) is 0. The number of phenols is 1.